The van der Waals surface area contributed by atoms with Gasteiger partial charge in [0, 0.05) is 12.3 Å². The molecule has 0 radical (unpaired) electrons. The maximum Gasteiger partial charge on any atom is 0.315 e. The summed E-state index contributed by atoms with van der Waals surface area (Å²) in [6, 6.07) is 9.62. The second kappa shape index (κ2) is 7.81. The van der Waals surface area contributed by atoms with Crippen molar-refractivity contribution in [2.45, 2.75) is 44.7 Å². The summed E-state index contributed by atoms with van der Waals surface area (Å²) in [6.45, 7) is 1.83. The number of nitrogens with one attached hydrogen (secondary N) is 2. The minimum Gasteiger partial charge on any atom is -0.336 e. The van der Waals surface area contributed by atoms with E-state index >= 15 is 0 Å². The highest BCUT2D eigenvalue weighted by Gasteiger charge is 2.29. The number of carbonyl (C=O) groups is 1. The van der Waals surface area contributed by atoms with Crippen LogP contribution in [0.4, 0.5) is 4.79 Å². The molecule has 128 valence electrons. The first-order valence-corrected chi connectivity index (χ1v) is 10.2. The van der Waals surface area contributed by atoms with Gasteiger partial charge in [-0.05, 0) is 37.7 Å². The lowest BCUT2D eigenvalue weighted by atomic mass is 9.77. The van der Waals surface area contributed by atoms with Crippen LogP contribution in [0.25, 0.3) is 0 Å². The van der Waals surface area contributed by atoms with E-state index in [4.69, 9.17) is 0 Å². The van der Waals surface area contributed by atoms with Gasteiger partial charge in [0.05, 0.1) is 11.8 Å². The number of amides is 2. The lowest BCUT2D eigenvalue weighted by Gasteiger charge is -2.35. The Morgan fingerprint density at radius 1 is 1.22 bits per heavy atom. The fourth-order valence-electron chi connectivity index (χ4n) is 2.78. The van der Waals surface area contributed by atoms with Crippen molar-refractivity contribution < 1.29 is 13.2 Å². The molecule has 0 aliphatic heterocycles. The van der Waals surface area contributed by atoms with Crippen molar-refractivity contribution in [2.24, 2.45) is 5.92 Å². The number of hydrogen-bond donors (Lipinski definition) is 2. The molecule has 1 fully saturated rings. The van der Waals surface area contributed by atoms with Crippen LogP contribution in [0.1, 0.15) is 44.2 Å². The lowest BCUT2D eigenvalue weighted by molar-refractivity contribution is 0.205. The summed E-state index contributed by atoms with van der Waals surface area (Å²) in [6.07, 6.45) is 5.10. The summed E-state index contributed by atoms with van der Waals surface area (Å²) in [7, 11) is -3.00. The maximum atomic E-state index is 12.2. The van der Waals surface area contributed by atoms with E-state index in [1.165, 1.54) is 12.7 Å². The molecule has 2 rings (SSSR count). The van der Waals surface area contributed by atoms with E-state index in [1.807, 2.05) is 37.3 Å². The number of urea groups is 1. The fourth-order valence-corrected chi connectivity index (χ4v) is 3.56. The molecule has 0 unspecified atom stereocenters. The van der Waals surface area contributed by atoms with Gasteiger partial charge in [-0.25, -0.2) is 13.2 Å². The molecule has 2 amide bonds. The first kappa shape index (κ1) is 17.8. The van der Waals surface area contributed by atoms with Crippen LogP contribution >= 0.6 is 0 Å². The summed E-state index contributed by atoms with van der Waals surface area (Å²) in [5.74, 6) is 0.564. The summed E-state index contributed by atoms with van der Waals surface area (Å²) in [5, 5.41) is 5.91. The second-order valence-electron chi connectivity index (χ2n) is 6.52. The van der Waals surface area contributed by atoms with Crippen LogP contribution in [-0.2, 0) is 9.84 Å². The summed E-state index contributed by atoms with van der Waals surface area (Å²) in [5.41, 5.74) is 1.12. The molecule has 23 heavy (non-hydrogen) atoms. The molecule has 1 aliphatic rings. The molecule has 0 saturated heterocycles. The van der Waals surface area contributed by atoms with Crippen LogP contribution in [0.15, 0.2) is 30.3 Å². The molecular weight excluding hydrogens is 312 g/mol. The zero-order valence-corrected chi connectivity index (χ0v) is 14.6. The number of benzene rings is 1. The van der Waals surface area contributed by atoms with Gasteiger partial charge in [0.15, 0.2) is 0 Å². The quantitative estimate of drug-likeness (QED) is 0.802. The maximum absolute atomic E-state index is 12.2. The molecule has 0 bridgehead atoms. The van der Waals surface area contributed by atoms with Gasteiger partial charge in [0.2, 0.25) is 0 Å². The number of hydrogen-bond acceptors (Lipinski definition) is 3. The second-order valence-corrected chi connectivity index (χ2v) is 8.78. The molecule has 0 spiro atoms. The Hall–Kier alpha value is -1.56. The molecule has 1 aromatic rings. The first-order chi connectivity index (χ1) is 10.8. The normalized spacial score (nSPS) is 17.8. The van der Waals surface area contributed by atoms with Crippen LogP contribution in [0.5, 0.6) is 0 Å². The smallest absolute Gasteiger partial charge is 0.315 e. The van der Waals surface area contributed by atoms with Crippen LogP contribution in [0.2, 0.25) is 0 Å². The molecular formula is C17H26N2O3S. The monoisotopic (exact) mass is 338 g/mol. The molecule has 1 saturated carbocycles. The molecule has 1 aliphatic carbocycles. The van der Waals surface area contributed by atoms with Crippen molar-refractivity contribution in [2.75, 3.05) is 12.0 Å². The highest BCUT2D eigenvalue weighted by molar-refractivity contribution is 7.90. The van der Waals surface area contributed by atoms with Crippen LogP contribution in [0.3, 0.4) is 0 Å². The molecule has 2 N–H and O–H groups in total. The average Bonchev–Trinajstić information content (AvgIpc) is 2.43. The SMILES string of the molecule is C[C@@H](CCS(C)(=O)=O)NC(=O)N[C@@H](c1ccccc1)C1CCC1. The Morgan fingerprint density at radius 2 is 1.87 bits per heavy atom. The van der Waals surface area contributed by atoms with E-state index in [0.717, 1.165) is 18.4 Å². The third-order valence-corrected chi connectivity index (χ3v) is 5.34. The van der Waals surface area contributed by atoms with E-state index < -0.39 is 9.84 Å². The van der Waals surface area contributed by atoms with Gasteiger partial charge < -0.3 is 10.6 Å². The van der Waals surface area contributed by atoms with Gasteiger partial charge in [0.25, 0.3) is 0 Å². The number of sulfone groups is 1. The average molecular weight is 338 g/mol. The van der Waals surface area contributed by atoms with Gasteiger partial charge in [-0.2, -0.15) is 0 Å². The molecule has 0 aromatic heterocycles. The topological polar surface area (TPSA) is 75.3 Å². The standard InChI is InChI=1S/C17H26N2O3S/c1-13(11-12-23(2,21)22)18-17(20)19-16(15-9-6-10-15)14-7-4-3-5-8-14/h3-5,7-8,13,15-16H,6,9-12H2,1-2H3,(H2,18,19,20)/t13-,16-/m0/s1. The first-order valence-electron chi connectivity index (χ1n) is 8.15. The zero-order chi connectivity index (χ0) is 16.9. The summed E-state index contributed by atoms with van der Waals surface area (Å²) >= 11 is 0. The van der Waals surface area contributed by atoms with Crippen LogP contribution in [-0.4, -0.2) is 32.5 Å². The predicted octanol–water partition coefficient (Wildman–Crippen LogP) is 2.65. The van der Waals surface area contributed by atoms with Gasteiger partial charge in [-0.3, -0.25) is 0 Å². The lowest BCUT2D eigenvalue weighted by Crippen LogP contribution is -2.45. The zero-order valence-electron chi connectivity index (χ0n) is 13.8. The van der Waals surface area contributed by atoms with E-state index in [0.29, 0.717) is 12.3 Å². The summed E-state index contributed by atoms with van der Waals surface area (Å²) < 4.78 is 22.4. The van der Waals surface area contributed by atoms with Crippen LogP contribution < -0.4 is 10.6 Å². The van der Waals surface area contributed by atoms with Crippen molar-refractivity contribution in [1.29, 1.82) is 0 Å². The van der Waals surface area contributed by atoms with E-state index in [9.17, 15) is 13.2 Å². The Balaban J connectivity index is 1.90. The summed E-state index contributed by atoms with van der Waals surface area (Å²) in [4.78, 5) is 12.2. The Bertz CT molecular complexity index is 612. The van der Waals surface area contributed by atoms with Crippen molar-refractivity contribution in [3.8, 4) is 0 Å². The highest BCUT2D eigenvalue weighted by Crippen LogP contribution is 2.37. The van der Waals surface area contributed by atoms with Crippen molar-refractivity contribution in [3.05, 3.63) is 35.9 Å². The van der Waals surface area contributed by atoms with E-state index in [1.54, 1.807) is 0 Å². The van der Waals surface area contributed by atoms with Crippen molar-refractivity contribution in [1.82, 2.24) is 10.6 Å². The molecule has 6 heteroatoms. The Morgan fingerprint density at radius 3 is 2.39 bits per heavy atom. The van der Waals surface area contributed by atoms with Gasteiger partial charge >= 0.3 is 6.03 Å². The Labute approximate surface area is 138 Å². The molecule has 1 aromatic carbocycles. The number of carbonyl (C=O) groups excluding carboxylic acids is 1. The Kier molecular flexibility index (Phi) is 6.04. The molecule has 0 heterocycles. The van der Waals surface area contributed by atoms with E-state index in [-0.39, 0.29) is 23.9 Å². The molecule has 2 atom stereocenters. The number of rotatable bonds is 7. The minimum atomic E-state index is -3.00. The fraction of sp³-hybridized carbons (Fsp3) is 0.588. The van der Waals surface area contributed by atoms with Crippen molar-refractivity contribution >= 4 is 15.9 Å². The van der Waals surface area contributed by atoms with Gasteiger partial charge in [-0.1, -0.05) is 36.8 Å². The minimum absolute atomic E-state index is 0.0204. The van der Waals surface area contributed by atoms with E-state index in [2.05, 4.69) is 10.6 Å². The van der Waals surface area contributed by atoms with Gasteiger partial charge in [-0.15, -0.1) is 0 Å². The van der Waals surface area contributed by atoms with Gasteiger partial charge in [0.1, 0.15) is 9.84 Å². The third kappa shape index (κ3) is 5.86. The largest absolute Gasteiger partial charge is 0.336 e. The van der Waals surface area contributed by atoms with Crippen molar-refractivity contribution in [3.63, 3.8) is 0 Å². The third-order valence-electron chi connectivity index (χ3n) is 4.37. The highest BCUT2D eigenvalue weighted by atomic mass is 32.2. The predicted molar refractivity (Wildman–Crippen MR) is 92.0 cm³/mol. The van der Waals surface area contributed by atoms with Crippen LogP contribution in [0, 0.1) is 5.92 Å². The molecule has 5 nitrogen and oxygen atoms in total.